The number of benzene rings is 1. The van der Waals surface area contributed by atoms with Crippen LogP contribution in [-0.4, -0.2) is 27.5 Å². The Kier molecular flexibility index (Phi) is 6.10. The van der Waals surface area contributed by atoms with E-state index in [0.29, 0.717) is 23.6 Å². The molecule has 0 aliphatic carbocycles. The van der Waals surface area contributed by atoms with Crippen molar-refractivity contribution in [1.82, 2.24) is 5.32 Å². The molecule has 0 spiro atoms. The van der Waals surface area contributed by atoms with Crippen LogP contribution in [0.3, 0.4) is 0 Å². The summed E-state index contributed by atoms with van der Waals surface area (Å²) in [6, 6.07) is 9.27. The molecule has 0 atom stereocenters. The highest BCUT2D eigenvalue weighted by atomic mass is 32.2. The Labute approximate surface area is 158 Å². The lowest BCUT2D eigenvalue weighted by atomic mass is 9.87. The first-order valence-corrected chi connectivity index (χ1v) is 10.5. The summed E-state index contributed by atoms with van der Waals surface area (Å²) in [7, 11) is -3.80. The molecule has 26 heavy (non-hydrogen) atoms. The first kappa shape index (κ1) is 20.4. The second-order valence-corrected chi connectivity index (χ2v) is 9.84. The van der Waals surface area contributed by atoms with Crippen molar-refractivity contribution < 1.29 is 17.9 Å². The standard InChI is InChI=1S/C18H24N2O4S2/c1-12-11-15(26(19,22)23)25-16(12)17(21)20-9-10-24-14-7-5-13(6-8-14)18(2,3)4/h5-8,11H,9-10H2,1-4H3,(H,20,21)(H2,19,22,23). The number of primary sulfonamides is 1. The van der Waals surface area contributed by atoms with Crippen molar-refractivity contribution in [3.05, 3.63) is 46.3 Å². The normalized spacial score (nSPS) is 12.0. The van der Waals surface area contributed by atoms with Gasteiger partial charge >= 0.3 is 0 Å². The van der Waals surface area contributed by atoms with Gasteiger partial charge in [0.25, 0.3) is 5.91 Å². The Morgan fingerprint density at radius 3 is 2.35 bits per heavy atom. The van der Waals surface area contributed by atoms with Crippen molar-refractivity contribution in [2.75, 3.05) is 13.2 Å². The van der Waals surface area contributed by atoms with Crippen molar-refractivity contribution in [3.8, 4) is 5.75 Å². The van der Waals surface area contributed by atoms with Crippen LogP contribution in [0.2, 0.25) is 0 Å². The van der Waals surface area contributed by atoms with Crippen molar-refractivity contribution in [2.24, 2.45) is 5.14 Å². The Balaban J connectivity index is 1.86. The molecule has 1 aromatic carbocycles. The van der Waals surface area contributed by atoms with Gasteiger partial charge in [0.2, 0.25) is 10.0 Å². The minimum absolute atomic E-state index is 0.0182. The number of hydrogen-bond acceptors (Lipinski definition) is 5. The van der Waals surface area contributed by atoms with Gasteiger partial charge in [-0.25, -0.2) is 13.6 Å². The topological polar surface area (TPSA) is 98.5 Å². The van der Waals surface area contributed by atoms with Gasteiger partial charge in [0, 0.05) is 0 Å². The Morgan fingerprint density at radius 1 is 1.23 bits per heavy atom. The number of carbonyl (C=O) groups excluding carboxylic acids is 1. The molecule has 0 saturated heterocycles. The summed E-state index contributed by atoms with van der Waals surface area (Å²) in [6.07, 6.45) is 0. The van der Waals surface area contributed by atoms with E-state index in [9.17, 15) is 13.2 Å². The fraction of sp³-hybridized carbons (Fsp3) is 0.389. The van der Waals surface area contributed by atoms with Gasteiger partial charge in [-0.15, -0.1) is 11.3 Å². The molecule has 2 rings (SSSR count). The molecule has 3 N–H and O–H groups in total. The van der Waals surface area contributed by atoms with Crippen LogP contribution < -0.4 is 15.2 Å². The predicted octanol–water partition coefficient (Wildman–Crippen LogP) is 2.81. The average molecular weight is 397 g/mol. The van der Waals surface area contributed by atoms with E-state index in [-0.39, 0.29) is 15.5 Å². The lowest BCUT2D eigenvalue weighted by Crippen LogP contribution is -2.27. The van der Waals surface area contributed by atoms with Crippen LogP contribution in [0.4, 0.5) is 0 Å². The lowest BCUT2D eigenvalue weighted by Gasteiger charge is -2.19. The molecule has 2 aromatic rings. The summed E-state index contributed by atoms with van der Waals surface area (Å²) >= 11 is 0.867. The summed E-state index contributed by atoms with van der Waals surface area (Å²) in [5.41, 5.74) is 1.88. The second-order valence-electron chi connectivity index (χ2n) is 7.00. The predicted molar refractivity (Wildman–Crippen MR) is 103 cm³/mol. The Bertz CT molecular complexity index is 879. The zero-order valence-corrected chi connectivity index (χ0v) is 17.0. The number of nitrogens with two attached hydrogens (primary N) is 1. The number of thiophene rings is 1. The summed E-state index contributed by atoms with van der Waals surface area (Å²) in [6.45, 7) is 8.73. The third-order valence-electron chi connectivity index (χ3n) is 3.76. The molecule has 6 nitrogen and oxygen atoms in total. The van der Waals surface area contributed by atoms with E-state index in [2.05, 4.69) is 26.1 Å². The van der Waals surface area contributed by atoms with Crippen LogP contribution >= 0.6 is 11.3 Å². The maximum Gasteiger partial charge on any atom is 0.261 e. The molecule has 142 valence electrons. The van der Waals surface area contributed by atoms with E-state index in [1.54, 1.807) is 6.92 Å². The van der Waals surface area contributed by atoms with E-state index < -0.39 is 10.0 Å². The number of nitrogens with one attached hydrogen (secondary N) is 1. The van der Waals surface area contributed by atoms with Crippen LogP contribution in [0.1, 0.15) is 41.6 Å². The van der Waals surface area contributed by atoms with E-state index in [1.807, 2.05) is 24.3 Å². The molecule has 1 aromatic heterocycles. The molecule has 8 heteroatoms. The van der Waals surface area contributed by atoms with Crippen LogP contribution in [0.5, 0.6) is 5.75 Å². The average Bonchev–Trinajstić information content (AvgIpc) is 2.93. The summed E-state index contributed by atoms with van der Waals surface area (Å²) < 4.78 is 28.3. The summed E-state index contributed by atoms with van der Waals surface area (Å²) in [4.78, 5) is 12.5. The zero-order valence-electron chi connectivity index (χ0n) is 15.3. The number of ether oxygens (including phenoxy) is 1. The largest absolute Gasteiger partial charge is 0.492 e. The molecule has 0 aliphatic heterocycles. The highest BCUT2D eigenvalue weighted by Gasteiger charge is 2.19. The first-order valence-electron chi connectivity index (χ1n) is 8.13. The van der Waals surface area contributed by atoms with E-state index in [4.69, 9.17) is 9.88 Å². The maximum atomic E-state index is 12.2. The first-order chi connectivity index (χ1) is 12.0. The molecule has 0 fully saturated rings. The zero-order chi connectivity index (χ0) is 19.5. The van der Waals surface area contributed by atoms with Crippen LogP contribution in [-0.2, 0) is 15.4 Å². The Morgan fingerprint density at radius 2 is 1.85 bits per heavy atom. The molecule has 1 amide bonds. The van der Waals surface area contributed by atoms with Crippen molar-refractivity contribution in [2.45, 2.75) is 37.3 Å². The Hall–Kier alpha value is -1.90. The molecule has 0 aliphatic rings. The van der Waals surface area contributed by atoms with Gasteiger partial charge in [-0.2, -0.15) is 0 Å². The van der Waals surface area contributed by atoms with E-state index >= 15 is 0 Å². The quantitative estimate of drug-likeness (QED) is 0.734. The molecular formula is C18H24N2O4S2. The molecule has 0 radical (unpaired) electrons. The second kappa shape index (κ2) is 7.77. The minimum atomic E-state index is -3.80. The number of sulfonamides is 1. The van der Waals surface area contributed by atoms with Crippen molar-refractivity contribution in [1.29, 1.82) is 0 Å². The van der Waals surface area contributed by atoms with E-state index in [0.717, 1.165) is 17.1 Å². The van der Waals surface area contributed by atoms with Gasteiger partial charge in [0.05, 0.1) is 11.4 Å². The monoisotopic (exact) mass is 396 g/mol. The van der Waals surface area contributed by atoms with Crippen LogP contribution in [0.15, 0.2) is 34.5 Å². The maximum absolute atomic E-state index is 12.2. The van der Waals surface area contributed by atoms with Gasteiger partial charge < -0.3 is 10.1 Å². The van der Waals surface area contributed by atoms with Crippen molar-refractivity contribution >= 4 is 27.3 Å². The van der Waals surface area contributed by atoms with Gasteiger partial charge in [-0.1, -0.05) is 32.9 Å². The van der Waals surface area contributed by atoms with Gasteiger partial charge in [0.1, 0.15) is 16.6 Å². The third kappa shape index (κ3) is 5.30. The molecule has 0 bridgehead atoms. The lowest BCUT2D eigenvalue weighted by molar-refractivity contribution is 0.0950. The SMILES string of the molecule is Cc1cc(S(N)(=O)=O)sc1C(=O)NCCOc1ccc(C(C)(C)C)cc1. The summed E-state index contributed by atoms with van der Waals surface area (Å²) in [5, 5.41) is 7.81. The molecular weight excluding hydrogens is 372 g/mol. The van der Waals surface area contributed by atoms with Gasteiger partial charge in [-0.3, -0.25) is 4.79 Å². The molecule has 1 heterocycles. The third-order valence-corrected chi connectivity index (χ3v) is 6.41. The highest BCUT2D eigenvalue weighted by molar-refractivity contribution is 7.91. The smallest absolute Gasteiger partial charge is 0.261 e. The van der Waals surface area contributed by atoms with Gasteiger partial charge in [0.15, 0.2) is 0 Å². The fourth-order valence-electron chi connectivity index (χ4n) is 2.28. The molecule has 0 saturated carbocycles. The number of carbonyl (C=O) groups is 1. The summed E-state index contributed by atoms with van der Waals surface area (Å²) in [5.74, 6) is 0.394. The van der Waals surface area contributed by atoms with Crippen LogP contribution in [0, 0.1) is 6.92 Å². The van der Waals surface area contributed by atoms with Crippen LogP contribution in [0.25, 0.3) is 0 Å². The number of rotatable bonds is 6. The van der Waals surface area contributed by atoms with Crippen molar-refractivity contribution in [3.63, 3.8) is 0 Å². The fourth-order valence-corrected chi connectivity index (χ4v) is 4.16. The van der Waals surface area contributed by atoms with Gasteiger partial charge in [-0.05, 0) is 41.7 Å². The highest BCUT2D eigenvalue weighted by Crippen LogP contribution is 2.25. The number of amides is 1. The number of aryl methyl sites for hydroxylation is 1. The number of hydrogen-bond donors (Lipinski definition) is 2. The molecule has 0 unspecified atom stereocenters. The minimum Gasteiger partial charge on any atom is -0.492 e. The van der Waals surface area contributed by atoms with E-state index in [1.165, 1.54) is 11.6 Å².